The number of nitrogens with two attached hydrogens (primary N) is 1. The van der Waals surface area contributed by atoms with E-state index in [1.54, 1.807) is 6.07 Å². The van der Waals surface area contributed by atoms with E-state index in [9.17, 15) is 0 Å². The fourth-order valence-electron chi connectivity index (χ4n) is 1.62. The fraction of sp³-hybridized carbons (Fsp3) is 0.308. The van der Waals surface area contributed by atoms with Gasteiger partial charge >= 0.3 is 0 Å². The van der Waals surface area contributed by atoms with Gasteiger partial charge in [0.05, 0.1) is 13.2 Å². The van der Waals surface area contributed by atoms with Gasteiger partial charge < -0.3 is 15.2 Å². The topological polar surface area (TPSA) is 73.2 Å². The molecule has 96 valence electrons. The maximum atomic E-state index is 5.69. The first kappa shape index (κ1) is 12.3. The highest BCUT2D eigenvalue weighted by Crippen LogP contribution is 2.26. The summed E-state index contributed by atoms with van der Waals surface area (Å²) in [5.41, 5.74) is 6.48. The number of hydrogen-bond acceptors (Lipinski definition) is 4. The van der Waals surface area contributed by atoms with Crippen LogP contribution in [-0.2, 0) is 6.42 Å². The highest BCUT2D eigenvalue weighted by Gasteiger charge is 2.04. The van der Waals surface area contributed by atoms with Gasteiger partial charge in [0.2, 0.25) is 0 Å². The van der Waals surface area contributed by atoms with E-state index < -0.39 is 0 Å². The van der Waals surface area contributed by atoms with Gasteiger partial charge in [-0.2, -0.15) is 5.10 Å². The van der Waals surface area contributed by atoms with Gasteiger partial charge in [-0.3, -0.25) is 5.10 Å². The maximum absolute atomic E-state index is 5.69. The van der Waals surface area contributed by atoms with Gasteiger partial charge in [0.1, 0.15) is 5.82 Å². The number of para-hydroxylation sites is 2. The monoisotopic (exact) mass is 247 g/mol. The summed E-state index contributed by atoms with van der Waals surface area (Å²) in [6.45, 7) is 3.12. The summed E-state index contributed by atoms with van der Waals surface area (Å²) in [7, 11) is 0. The number of ether oxygens (including phenoxy) is 2. The van der Waals surface area contributed by atoms with Crippen molar-refractivity contribution in [1.82, 2.24) is 10.2 Å². The van der Waals surface area contributed by atoms with E-state index in [0.29, 0.717) is 19.0 Å². The van der Waals surface area contributed by atoms with Crippen LogP contribution < -0.4 is 15.2 Å². The number of rotatable bonds is 6. The number of aromatic nitrogens is 2. The number of benzene rings is 1. The Hall–Kier alpha value is -2.17. The molecule has 0 amide bonds. The molecule has 2 aromatic rings. The molecule has 0 bridgehead atoms. The number of nitrogens with zero attached hydrogens (tertiary/aromatic N) is 1. The normalized spacial score (nSPS) is 10.3. The van der Waals surface area contributed by atoms with E-state index in [2.05, 4.69) is 10.2 Å². The molecule has 3 N–H and O–H groups in total. The van der Waals surface area contributed by atoms with Gasteiger partial charge in [-0.1, -0.05) is 12.1 Å². The van der Waals surface area contributed by atoms with Gasteiger partial charge in [0, 0.05) is 18.2 Å². The van der Waals surface area contributed by atoms with Crippen LogP contribution in [0.1, 0.15) is 12.6 Å². The second-order valence-corrected chi connectivity index (χ2v) is 3.80. The fourth-order valence-corrected chi connectivity index (χ4v) is 1.62. The number of nitrogen functional groups attached to an aromatic ring is 1. The molecule has 0 aliphatic carbocycles. The highest BCUT2D eigenvalue weighted by molar-refractivity contribution is 5.39. The van der Waals surface area contributed by atoms with Crippen LogP contribution in [0.4, 0.5) is 5.82 Å². The molecular formula is C13H17N3O2. The van der Waals surface area contributed by atoms with Crippen LogP contribution in [0.3, 0.4) is 0 Å². The first-order valence-corrected chi connectivity index (χ1v) is 5.94. The average Bonchev–Trinajstić information content (AvgIpc) is 2.78. The Labute approximate surface area is 106 Å². The quantitative estimate of drug-likeness (QED) is 0.819. The Morgan fingerprint density at radius 1 is 1.22 bits per heavy atom. The Kier molecular flexibility index (Phi) is 4.06. The number of anilines is 1. The molecule has 5 nitrogen and oxygen atoms in total. The third kappa shape index (κ3) is 3.16. The van der Waals surface area contributed by atoms with Gasteiger partial charge in [0.25, 0.3) is 0 Å². The summed E-state index contributed by atoms with van der Waals surface area (Å²) in [6, 6.07) is 9.44. The van der Waals surface area contributed by atoms with Crippen molar-refractivity contribution in [2.45, 2.75) is 13.3 Å². The molecule has 0 saturated heterocycles. The molecular weight excluding hydrogens is 230 g/mol. The van der Waals surface area contributed by atoms with Crippen molar-refractivity contribution in [3.63, 3.8) is 0 Å². The van der Waals surface area contributed by atoms with Gasteiger partial charge in [-0.05, 0) is 19.1 Å². The Morgan fingerprint density at radius 2 is 1.94 bits per heavy atom. The van der Waals surface area contributed by atoms with Crippen LogP contribution in [-0.4, -0.2) is 23.4 Å². The van der Waals surface area contributed by atoms with E-state index >= 15 is 0 Å². The Morgan fingerprint density at radius 3 is 2.56 bits per heavy atom. The molecule has 1 aromatic carbocycles. The van der Waals surface area contributed by atoms with Crippen molar-refractivity contribution in [2.24, 2.45) is 0 Å². The third-order valence-electron chi connectivity index (χ3n) is 2.43. The molecule has 0 radical (unpaired) electrons. The van der Waals surface area contributed by atoms with Crippen LogP contribution in [0.15, 0.2) is 30.3 Å². The van der Waals surface area contributed by atoms with E-state index in [1.807, 2.05) is 31.2 Å². The lowest BCUT2D eigenvalue weighted by Crippen LogP contribution is -2.03. The molecule has 0 saturated carbocycles. The third-order valence-corrected chi connectivity index (χ3v) is 2.43. The first-order chi connectivity index (χ1) is 8.79. The van der Waals surface area contributed by atoms with Crippen molar-refractivity contribution in [3.8, 4) is 11.5 Å². The van der Waals surface area contributed by atoms with Crippen molar-refractivity contribution >= 4 is 5.82 Å². The summed E-state index contributed by atoms with van der Waals surface area (Å²) >= 11 is 0. The number of aromatic amines is 1. The summed E-state index contributed by atoms with van der Waals surface area (Å²) < 4.78 is 11.2. The number of H-pyrrole nitrogens is 1. The molecule has 0 atom stereocenters. The van der Waals surface area contributed by atoms with Gasteiger partial charge in [-0.15, -0.1) is 0 Å². The Balaban J connectivity index is 1.89. The SMILES string of the molecule is CCOc1ccccc1OCCc1cc(N)n[nH]1. The standard InChI is InChI=1S/C13H17N3O2/c1-2-17-11-5-3-4-6-12(11)18-8-7-10-9-13(14)16-15-10/h3-6,9H,2,7-8H2,1H3,(H3,14,15,16). The van der Waals surface area contributed by atoms with Crippen molar-refractivity contribution < 1.29 is 9.47 Å². The molecule has 0 aliphatic rings. The zero-order valence-electron chi connectivity index (χ0n) is 10.3. The molecule has 2 rings (SSSR count). The lowest BCUT2D eigenvalue weighted by Gasteiger charge is -2.10. The number of hydrogen-bond donors (Lipinski definition) is 2. The van der Waals surface area contributed by atoms with Gasteiger partial charge in [-0.25, -0.2) is 0 Å². The minimum atomic E-state index is 0.500. The predicted molar refractivity (Wildman–Crippen MR) is 69.8 cm³/mol. The first-order valence-electron chi connectivity index (χ1n) is 5.94. The minimum absolute atomic E-state index is 0.500. The molecule has 0 spiro atoms. The maximum Gasteiger partial charge on any atom is 0.161 e. The van der Waals surface area contributed by atoms with Crippen LogP contribution in [0.25, 0.3) is 0 Å². The molecule has 1 aromatic heterocycles. The summed E-state index contributed by atoms with van der Waals surface area (Å²) in [6.07, 6.45) is 0.727. The summed E-state index contributed by atoms with van der Waals surface area (Å²) in [4.78, 5) is 0. The molecule has 0 aliphatic heterocycles. The smallest absolute Gasteiger partial charge is 0.161 e. The zero-order chi connectivity index (χ0) is 12.8. The number of nitrogens with one attached hydrogen (secondary N) is 1. The molecule has 5 heteroatoms. The van der Waals surface area contributed by atoms with E-state index in [0.717, 1.165) is 23.6 Å². The molecule has 0 fully saturated rings. The summed E-state index contributed by atoms with van der Waals surface area (Å²) in [5.74, 6) is 2.02. The lowest BCUT2D eigenvalue weighted by atomic mass is 10.3. The van der Waals surface area contributed by atoms with Crippen LogP contribution in [0, 0.1) is 0 Å². The predicted octanol–water partition coefficient (Wildman–Crippen LogP) is 2.01. The largest absolute Gasteiger partial charge is 0.490 e. The van der Waals surface area contributed by atoms with Gasteiger partial charge in [0.15, 0.2) is 11.5 Å². The highest BCUT2D eigenvalue weighted by atomic mass is 16.5. The summed E-state index contributed by atoms with van der Waals surface area (Å²) in [5, 5.41) is 6.71. The zero-order valence-corrected chi connectivity index (χ0v) is 10.3. The Bertz CT molecular complexity index is 496. The molecule has 1 heterocycles. The minimum Gasteiger partial charge on any atom is -0.490 e. The van der Waals surface area contributed by atoms with Crippen LogP contribution in [0.5, 0.6) is 11.5 Å². The van der Waals surface area contributed by atoms with Crippen LogP contribution in [0.2, 0.25) is 0 Å². The lowest BCUT2D eigenvalue weighted by molar-refractivity contribution is 0.278. The second kappa shape index (κ2) is 5.95. The van der Waals surface area contributed by atoms with Crippen molar-refractivity contribution in [1.29, 1.82) is 0 Å². The van der Waals surface area contributed by atoms with E-state index in [-0.39, 0.29) is 0 Å². The second-order valence-electron chi connectivity index (χ2n) is 3.80. The van der Waals surface area contributed by atoms with Crippen molar-refractivity contribution in [2.75, 3.05) is 18.9 Å². The average molecular weight is 247 g/mol. The van der Waals surface area contributed by atoms with E-state index in [1.165, 1.54) is 0 Å². The molecule has 18 heavy (non-hydrogen) atoms. The van der Waals surface area contributed by atoms with E-state index in [4.69, 9.17) is 15.2 Å². The molecule has 0 unspecified atom stereocenters. The van der Waals surface area contributed by atoms with Crippen molar-refractivity contribution in [3.05, 3.63) is 36.0 Å². The van der Waals surface area contributed by atoms with Crippen LogP contribution >= 0.6 is 0 Å².